The molecule has 0 atom stereocenters. The maximum absolute atomic E-state index is 12.4. The normalized spacial score (nSPS) is 12.3. The van der Waals surface area contributed by atoms with E-state index in [-0.39, 0.29) is 0 Å². The number of nitrogens with two attached hydrogens (primary N) is 1. The van der Waals surface area contributed by atoms with Crippen LogP contribution in [-0.2, 0) is 6.18 Å². The number of fused-ring (bicyclic) bond motifs is 1. The lowest BCUT2D eigenvalue weighted by molar-refractivity contribution is -0.140. The molecule has 0 aliphatic rings. The minimum Gasteiger partial charge on any atom is -0.399 e. The van der Waals surface area contributed by atoms with Crippen molar-refractivity contribution in [1.29, 1.82) is 0 Å². The van der Waals surface area contributed by atoms with Gasteiger partial charge in [-0.1, -0.05) is 0 Å². The molecule has 1 aromatic heterocycles. The monoisotopic (exact) mass is 214 g/mol. The number of halogens is 3. The number of aromatic nitrogens is 1. The highest BCUT2D eigenvalue weighted by Gasteiger charge is 2.32. The minimum absolute atomic E-state index is 0.465. The standard InChI is InChI=1S/C10H9F3N2/c1-5-2-7(14)3-6-4-8(10(11,12)13)15-9(5)6/h2-4,15H,14H2,1H3. The second kappa shape index (κ2) is 2.92. The highest BCUT2D eigenvalue weighted by Crippen LogP contribution is 2.32. The number of anilines is 1. The Morgan fingerprint density at radius 3 is 2.47 bits per heavy atom. The third-order valence-corrected chi connectivity index (χ3v) is 2.25. The quantitative estimate of drug-likeness (QED) is 0.650. The first-order chi connectivity index (χ1) is 6.88. The zero-order valence-electron chi connectivity index (χ0n) is 7.94. The van der Waals surface area contributed by atoms with Gasteiger partial charge in [-0.25, -0.2) is 0 Å². The largest absolute Gasteiger partial charge is 0.431 e. The number of hydrogen-bond donors (Lipinski definition) is 2. The molecular weight excluding hydrogens is 205 g/mol. The Morgan fingerprint density at radius 2 is 1.87 bits per heavy atom. The molecule has 0 saturated heterocycles. The highest BCUT2D eigenvalue weighted by atomic mass is 19.4. The van der Waals surface area contributed by atoms with Crippen molar-refractivity contribution in [2.75, 3.05) is 5.73 Å². The van der Waals surface area contributed by atoms with Gasteiger partial charge >= 0.3 is 6.18 Å². The fourth-order valence-corrected chi connectivity index (χ4v) is 1.61. The van der Waals surface area contributed by atoms with Gasteiger partial charge in [0.05, 0.1) is 0 Å². The zero-order chi connectivity index (χ0) is 11.2. The van der Waals surface area contributed by atoms with Crippen LogP contribution in [0.25, 0.3) is 10.9 Å². The lowest BCUT2D eigenvalue weighted by Crippen LogP contribution is -2.04. The number of hydrogen-bond acceptors (Lipinski definition) is 1. The summed E-state index contributed by atoms with van der Waals surface area (Å²) < 4.78 is 37.2. The van der Waals surface area contributed by atoms with E-state index in [1.807, 2.05) is 0 Å². The van der Waals surface area contributed by atoms with Crippen LogP contribution in [0.4, 0.5) is 18.9 Å². The molecule has 0 fully saturated rings. The Labute approximate surface area is 83.9 Å². The van der Waals surface area contributed by atoms with Crippen molar-refractivity contribution >= 4 is 16.6 Å². The van der Waals surface area contributed by atoms with Gasteiger partial charge in [0.2, 0.25) is 0 Å². The van der Waals surface area contributed by atoms with E-state index >= 15 is 0 Å². The van der Waals surface area contributed by atoms with E-state index < -0.39 is 11.9 Å². The Bertz CT molecular complexity index is 511. The van der Waals surface area contributed by atoms with Crippen molar-refractivity contribution in [1.82, 2.24) is 4.98 Å². The van der Waals surface area contributed by atoms with E-state index in [9.17, 15) is 13.2 Å². The van der Waals surface area contributed by atoms with Crippen molar-refractivity contribution in [2.45, 2.75) is 13.1 Å². The van der Waals surface area contributed by atoms with Gasteiger partial charge in [-0.3, -0.25) is 0 Å². The summed E-state index contributed by atoms with van der Waals surface area (Å²) >= 11 is 0. The molecule has 1 aromatic carbocycles. The van der Waals surface area contributed by atoms with E-state index in [1.54, 1.807) is 13.0 Å². The number of rotatable bonds is 0. The first-order valence-electron chi connectivity index (χ1n) is 4.34. The van der Waals surface area contributed by atoms with Crippen LogP contribution in [0.2, 0.25) is 0 Å². The summed E-state index contributed by atoms with van der Waals surface area (Å²) in [7, 11) is 0. The van der Waals surface area contributed by atoms with Gasteiger partial charge in [0.25, 0.3) is 0 Å². The molecule has 1 heterocycles. The van der Waals surface area contributed by atoms with E-state index in [2.05, 4.69) is 4.98 Å². The van der Waals surface area contributed by atoms with Crippen LogP contribution in [0.5, 0.6) is 0 Å². The Morgan fingerprint density at radius 1 is 1.20 bits per heavy atom. The average Bonchev–Trinajstić information content (AvgIpc) is 2.46. The molecule has 3 N–H and O–H groups in total. The molecule has 0 aliphatic heterocycles. The van der Waals surface area contributed by atoms with Gasteiger partial charge in [0.15, 0.2) is 0 Å². The van der Waals surface area contributed by atoms with Gasteiger partial charge in [0, 0.05) is 16.6 Å². The molecule has 0 saturated carbocycles. The fourth-order valence-electron chi connectivity index (χ4n) is 1.61. The van der Waals surface area contributed by atoms with E-state index in [1.165, 1.54) is 6.07 Å². The molecular formula is C10H9F3N2. The minimum atomic E-state index is -4.35. The summed E-state index contributed by atoms with van der Waals surface area (Å²) in [6.07, 6.45) is -4.35. The van der Waals surface area contributed by atoms with E-state index in [4.69, 9.17) is 5.73 Å². The molecule has 2 rings (SSSR count). The number of alkyl halides is 3. The predicted octanol–water partition coefficient (Wildman–Crippen LogP) is 3.08. The lowest BCUT2D eigenvalue weighted by Gasteiger charge is -2.01. The number of nitrogens with one attached hydrogen (secondary N) is 1. The van der Waals surface area contributed by atoms with Gasteiger partial charge in [-0.05, 0) is 30.7 Å². The van der Waals surface area contributed by atoms with Crippen LogP contribution in [-0.4, -0.2) is 4.98 Å². The molecule has 0 aliphatic carbocycles. The smallest absolute Gasteiger partial charge is 0.399 e. The maximum Gasteiger partial charge on any atom is 0.431 e. The summed E-state index contributed by atoms with van der Waals surface area (Å²) in [5, 5.41) is 0.486. The molecule has 0 bridgehead atoms. The molecule has 0 spiro atoms. The van der Waals surface area contributed by atoms with E-state index in [0.717, 1.165) is 6.07 Å². The first kappa shape index (κ1) is 9.89. The summed E-state index contributed by atoms with van der Waals surface area (Å²) in [4.78, 5) is 2.35. The van der Waals surface area contributed by atoms with Crippen LogP contribution in [0, 0.1) is 6.92 Å². The van der Waals surface area contributed by atoms with Crippen molar-refractivity contribution in [3.63, 3.8) is 0 Å². The number of nitrogen functional groups attached to an aromatic ring is 1. The third-order valence-electron chi connectivity index (χ3n) is 2.25. The molecule has 2 nitrogen and oxygen atoms in total. The zero-order valence-corrected chi connectivity index (χ0v) is 7.94. The molecule has 0 radical (unpaired) electrons. The summed E-state index contributed by atoms with van der Waals surface area (Å²) in [5.41, 5.74) is 6.46. The van der Waals surface area contributed by atoms with Crippen LogP contribution in [0.15, 0.2) is 18.2 Å². The predicted molar refractivity (Wildman–Crippen MR) is 52.5 cm³/mol. The second-order valence-corrected chi connectivity index (χ2v) is 3.48. The van der Waals surface area contributed by atoms with Gasteiger partial charge in [0.1, 0.15) is 5.69 Å². The van der Waals surface area contributed by atoms with Crippen molar-refractivity contribution in [3.05, 3.63) is 29.5 Å². The van der Waals surface area contributed by atoms with E-state index in [0.29, 0.717) is 22.2 Å². The topological polar surface area (TPSA) is 41.8 Å². The summed E-state index contributed by atoms with van der Waals surface area (Å²) in [5.74, 6) is 0. The number of aryl methyl sites for hydroxylation is 1. The van der Waals surface area contributed by atoms with Crippen LogP contribution < -0.4 is 5.73 Å². The summed E-state index contributed by atoms with van der Waals surface area (Å²) in [6, 6.07) is 4.23. The Hall–Kier alpha value is -1.65. The fraction of sp³-hybridized carbons (Fsp3) is 0.200. The molecule has 80 valence electrons. The van der Waals surface area contributed by atoms with Crippen molar-refractivity contribution in [3.8, 4) is 0 Å². The number of aromatic amines is 1. The summed E-state index contributed by atoms with van der Waals surface area (Å²) in [6.45, 7) is 1.72. The molecule has 0 amide bonds. The molecule has 2 aromatic rings. The lowest BCUT2D eigenvalue weighted by atomic mass is 10.1. The molecule has 15 heavy (non-hydrogen) atoms. The highest BCUT2D eigenvalue weighted by molar-refractivity contribution is 5.86. The van der Waals surface area contributed by atoms with Gasteiger partial charge < -0.3 is 10.7 Å². The van der Waals surface area contributed by atoms with Gasteiger partial charge in [-0.2, -0.15) is 13.2 Å². The second-order valence-electron chi connectivity index (χ2n) is 3.48. The molecule has 5 heteroatoms. The average molecular weight is 214 g/mol. The van der Waals surface area contributed by atoms with Crippen LogP contribution in [0.3, 0.4) is 0 Å². The maximum atomic E-state index is 12.4. The Kier molecular flexibility index (Phi) is 1.92. The first-order valence-corrected chi connectivity index (χ1v) is 4.34. The SMILES string of the molecule is Cc1cc(N)cc2cc(C(F)(F)F)[nH]c12. The number of benzene rings is 1. The van der Waals surface area contributed by atoms with Crippen molar-refractivity contribution < 1.29 is 13.2 Å². The van der Waals surface area contributed by atoms with Crippen molar-refractivity contribution in [2.24, 2.45) is 0 Å². The third kappa shape index (κ3) is 1.65. The van der Waals surface area contributed by atoms with Gasteiger partial charge in [-0.15, -0.1) is 0 Å². The number of H-pyrrole nitrogens is 1. The van der Waals surface area contributed by atoms with Crippen LogP contribution in [0.1, 0.15) is 11.3 Å². The molecule has 0 unspecified atom stereocenters. The van der Waals surface area contributed by atoms with Crippen LogP contribution >= 0.6 is 0 Å². The Balaban J connectivity index is 2.71.